The molecule has 38 heavy (non-hydrogen) atoms. The highest BCUT2D eigenvalue weighted by Crippen LogP contribution is 2.34. The summed E-state index contributed by atoms with van der Waals surface area (Å²) in [6, 6.07) is 32.9. The molecule has 0 bridgehead atoms. The monoisotopic (exact) mass is 530 g/mol. The van der Waals surface area contributed by atoms with Crippen molar-refractivity contribution >= 4 is 21.6 Å². The summed E-state index contributed by atoms with van der Waals surface area (Å²) in [6.07, 6.45) is 1.16. The maximum Gasteiger partial charge on any atom is 0.251 e. The maximum absolute atomic E-state index is 12.8. The van der Waals surface area contributed by atoms with E-state index in [9.17, 15) is 13.2 Å². The lowest BCUT2D eigenvalue weighted by molar-refractivity contribution is 0.0901. The fourth-order valence-corrected chi connectivity index (χ4v) is 4.67. The van der Waals surface area contributed by atoms with E-state index in [1.807, 2.05) is 48.5 Å². The number of hydrogen-bond acceptors (Lipinski definition) is 5. The summed E-state index contributed by atoms with van der Waals surface area (Å²) in [5.74, 6) is 0.810. The van der Waals surface area contributed by atoms with Gasteiger partial charge in [-0.1, -0.05) is 72.8 Å². The van der Waals surface area contributed by atoms with E-state index in [0.29, 0.717) is 42.5 Å². The summed E-state index contributed by atoms with van der Waals surface area (Å²) in [5, 5.41) is 2.84. The number of sulfonamides is 1. The molecule has 4 aromatic rings. The van der Waals surface area contributed by atoms with Crippen LogP contribution in [0.2, 0.25) is 0 Å². The molecule has 0 saturated heterocycles. The SMILES string of the molecule is CS(=O)(=O)N(Cc1ccc(C(=O)NCCOCc2ccccc2)cc1)c1ccccc1Oc1ccccc1. The third-order valence-electron chi connectivity index (χ3n) is 5.69. The van der Waals surface area contributed by atoms with Crippen molar-refractivity contribution in [3.05, 3.63) is 126 Å². The van der Waals surface area contributed by atoms with Crippen molar-refractivity contribution < 1.29 is 22.7 Å². The summed E-state index contributed by atoms with van der Waals surface area (Å²) in [6.45, 7) is 1.35. The maximum atomic E-state index is 12.8. The largest absolute Gasteiger partial charge is 0.455 e. The number of ether oxygens (including phenoxy) is 2. The molecule has 0 spiro atoms. The lowest BCUT2D eigenvalue weighted by atomic mass is 10.1. The normalized spacial score (nSPS) is 11.1. The Kier molecular flexibility index (Phi) is 9.13. The quantitative estimate of drug-likeness (QED) is 0.248. The van der Waals surface area contributed by atoms with Gasteiger partial charge in [-0.05, 0) is 47.5 Å². The average molecular weight is 531 g/mol. The second-order valence-corrected chi connectivity index (χ2v) is 10.6. The number of carbonyl (C=O) groups excluding carboxylic acids is 1. The Morgan fingerprint density at radius 3 is 2.11 bits per heavy atom. The minimum atomic E-state index is -3.63. The van der Waals surface area contributed by atoms with Crippen molar-refractivity contribution in [2.75, 3.05) is 23.7 Å². The van der Waals surface area contributed by atoms with Crippen molar-refractivity contribution in [1.29, 1.82) is 0 Å². The van der Waals surface area contributed by atoms with Gasteiger partial charge in [0.05, 0.1) is 31.7 Å². The molecule has 4 aromatic carbocycles. The Morgan fingerprint density at radius 1 is 0.789 bits per heavy atom. The van der Waals surface area contributed by atoms with Crippen LogP contribution < -0.4 is 14.4 Å². The van der Waals surface area contributed by atoms with Gasteiger partial charge in [-0.15, -0.1) is 0 Å². The molecule has 0 aliphatic carbocycles. The molecule has 0 aliphatic rings. The second-order valence-electron chi connectivity index (χ2n) is 8.64. The third-order valence-corrected chi connectivity index (χ3v) is 6.82. The first-order valence-corrected chi connectivity index (χ1v) is 14.0. The van der Waals surface area contributed by atoms with Crippen LogP contribution >= 0.6 is 0 Å². The summed E-state index contributed by atoms with van der Waals surface area (Å²) >= 11 is 0. The number of anilines is 1. The number of hydrogen-bond donors (Lipinski definition) is 1. The molecule has 0 fully saturated rings. The van der Waals surface area contributed by atoms with Crippen LogP contribution in [0.15, 0.2) is 109 Å². The van der Waals surface area contributed by atoms with Gasteiger partial charge < -0.3 is 14.8 Å². The first-order valence-electron chi connectivity index (χ1n) is 12.2. The van der Waals surface area contributed by atoms with Gasteiger partial charge in [-0.3, -0.25) is 9.10 Å². The van der Waals surface area contributed by atoms with Crippen LogP contribution in [0.3, 0.4) is 0 Å². The van der Waals surface area contributed by atoms with E-state index < -0.39 is 10.0 Å². The molecule has 0 atom stereocenters. The molecule has 7 nitrogen and oxygen atoms in total. The molecule has 0 radical (unpaired) electrons. The van der Waals surface area contributed by atoms with Crippen LogP contribution in [0.5, 0.6) is 11.5 Å². The number of para-hydroxylation sites is 3. The topological polar surface area (TPSA) is 84.9 Å². The zero-order chi connectivity index (χ0) is 26.8. The van der Waals surface area contributed by atoms with Gasteiger partial charge in [-0.2, -0.15) is 0 Å². The van der Waals surface area contributed by atoms with E-state index in [4.69, 9.17) is 9.47 Å². The minimum absolute atomic E-state index is 0.0865. The van der Waals surface area contributed by atoms with Gasteiger partial charge in [0, 0.05) is 12.1 Å². The summed E-state index contributed by atoms with van der Waals surface area (Å²) in [7, 11) is -3.63. The van der Waals surface area contributed by atoms with E-state index >= 15 is 0 Å². The Morgan fingerprint density at radius 2 is 1.42 bits per heavy atom. The van der Waals surface area contributed by atoms with Crippen LogP contribution in [0.4, 0.5) is 5.69 Å². The first kappa shape index (κ1) is 26.9. The van der Waals surface area contributed by atoms with E-state index in [-0.39, 0.29) is 12.5 Å². The molecule has 4 rings (SSSR count). The van der Waals surface area contributed by atoms with Gasteiger partial charge in [-0.25, -0.2) is 8.42 Å². The highest BCUT2D eigenvalue weighted by Gasteiger charge is 2.22. The fraction of sp³-hybridized carbons (Fsp3) is 0.167. The Bertz CT molecular complexity index is 1430. The van der Waals surface area contributed by atoms with E-state index in [1.54, 1.807) is 60.7 Å². The van der Waals surface area contributed by atoms with E-state index in [2.05, 4.69) is 5.32 Å². The van der Waals surface area contributed by atoms with Crippen molar-refractivity contribution in [3.63, 3.8) is 0 Å². The van der Waals surface area contributed by atoms with Crippen LogP contribution in [-0.4, -0.2) is 33.7 Å². The number of nitrogens with one attached hydrogen (secondary N) is 1. The predicted octanol–water partition coefficient (Wildman–Crippen LogP) is 5.39. The predicted molar refractivity (Wildman–Crippen MR) is 149 cm³/mol. The van der Waals surface area contributed by atoms with E-state index in [1.165, 1.54) is 4.31 Å². The van der Waals surface area contributed by atoms with E-state index in [0.717, 1.165) is 17.4 Å². The second kappa shape index (κ2) is 12.9. The average Bonchev–Trinajstić information content (AvgIpc) is 2.93. The van der Waals surface area contributed by atoms with Crippen LogP contribution in [-0.2, 0) is 27.9 Å². The fourth-order valence-electron chi connectivity index (χ4n) is 3.78. The molecule has 0 aliphatic heterocycles. The molecule has 8 heteroatoms. The lowest BCUT2D eigenvalue weighted by Crippen LogP contribution is -2.30. The molecule has 1 amide bonds. The molecular weight excluding hydrogens is 500 g/mol. The number of nitrogens with zero attached hydrogens (tertiary/aromatic N) is 1. The summed E-state index contributed by atoms with van der Waals surface area (Å²) in [4.78, 5) is 12.5. The highest BCUT2D eigenvalue weighted by atomic mass is 32.2. The number of rotatable bonds is 12. The zero-order valence-electron chi connectivity index (χ0n) is 21.1. The van der Waals surface area contributed by atoms with Gasteiger partial charge in [0.1, 0.15) is 5.75 Å². The molecule has 1 N–H and O–H groups in total. The standard InChI is InChI=1S/C30H30N2O5S/c1-38(34,35)32(28-14-8-9-15-29(28)37-27-12-6-3-7-13-27)22-24-16-18-26(19-17-24)30(33)31-20-21-36-23-25-10-4-2-5-11-25/h2-19H,20-23H2,1H3,(H,31,33). The van der Waals surface area contributed by atoms with Crippen molar-refractivity contribution in [2.24, 2.45) is 0 Å². The molecular formula is C30H30N2O5S. The van der Waals surface area contributed by atoms with Crippen molar-refractivity contribution in [3.8, 4) is 11.5 Å². The van der Waals surface area contributed by atoms with Gasteiger partial charge >= 0.3 is 0 Å². The molecule has 0 saturated carbocycles. The molecule has 196 valence electrons. The Hall–Kier alpha value is -4.14. The molecule has 0 aromatic heterocycles. The minimum Gasteiger partial charge on any atom is -0.455 e. The Labute approximate surface area is 223 Å². The summed E-state index contributed by atoms with van der Waals surface area (Å²) in [5.41, 5.74) is 2.71. The lowest BCUT2D eigenvalue weighted by Gasteiger charge is -2.25. The Balaban J connectivity index is 1.38. The number of carbonyl (C=O) groups is 1. The van der Waals surface area contributed by atoms with Crippen LogP contribution in [0.25, 0.3) is 0 Å². The third kappa shape index (κ3) is 7.68. The first-order chi connectivity index (χ1) is 18.4. The van der Waals surface area contributed by atoms with Crippen molar-refractivity contribution in [2.45, 2.75) is 13.2 Å². The molecule has 0 heterocycles. The number of benzene rings is 4. The van der Waals surface area contributed by atoms with Gasteiger partial charge in [0.15, 0.2) is 5.75 Å². The number of amides is 1. The highest BCUT2D eigenvalue weighted by molar-refractivity contribution is 7.92. The van der Waals surface area contributed by atoms with Gasteiger partial charge in [0.2, 0.25) is 10.0 Å². The van der Waals surface area contributed by atoms with Gasteiger partial charge in [0.25, 0.3) is 5.91 Å². The summed E-state index contributed by atoms with van der Waals surface area (Å²) < 4.78 is 38.4. The van der Waals surface area contributed by atoms with Crippen LogP contribution in [0, 0.1) is 0 Å². The zero-order valence-corrected chi connectivity index (χ0v) is 21.9. The van der Waals surface area contributed by atoms with Crippen molar-refractivity contribution in [1.82, 2.24) is 5.32 Å². The molecule has 0 unspecified atom stereocenters. The van der Waals surface area contributed by atoms with Crippen LogP contribution in [0.1, 0.15) is 21.5 Å². The smallest absolute Gasteiger partial charge is 0.251 e.